The Morgan fingerprint density at radius 3 is 2.73 bits per heavy atom. The molecule has 4 heterocycles. The molecule has 2 aromatic heterocycles. The zero-order valence-corrected chi connectivity index (χ0v) is 15.7. The molecule has 0 aliphatic carbocycles. The first kappa shape index (κ1) is 17.3. The lowest BCUT2D eigenvalue weighted by Gasteiger charge is -2.33. The Morgan fingerprint density at radius 1 is 1.23 bits per heavy atom. The monoisotopic (exact) mass is 356 g/mol. The number of rotatable bonds is 5. The van der Waals surface area contributed by atoms with Crippen LogP contribution in [0.5, 0.6) is 0 Å². The molecule has 2 fully saturated rings. The largest absolute Gasteiger partial charge is 0.381 e. The zero-order valence-electron chi connectivity index (χ0n) is 15.7. The first-order valence-corrected chi connectivity index (χ1v) is 9.60. The van der Waals surface area contributed by atoms with E-state index in [2.05, 4.69) is 43.9 Å². The molecule has 1 N–H and O–H groups in total. The second-order valence-corrected chi connectivity index (χ2v) is 7.34. The van der Waals surface area contributed by atoms with Gasteiger partial charge in [0.15, 0.2) is 0 Å². The van der Waals surface area contributed by atoms with Gasteiger partial charge in [0.25, 0.3) is 0 Å². The summed E-state index contributed by atoms with van der Waals surface area (Å²) in [5.74, 6) is 3.95. The predicted molar refractivity (Wildman–Crippen MR) is 102 cm³/mol. The third kappa shape index (κ3) is 3.67. The van der Waals surface area contributed by atoms with E-state index in [-0.39, 0.29) is 0 Å². The molecule has 0 radical (unpaired) electrons. The molecule has 2 saturated heterocycles. The van der Waals surface area contributed by atoms with E-state index in [1.807, 2.05) is 13.2 Å². The molecule has 2 aliphatic heterocycles. The third-order valence-corrected chi connectivity index (χ3v) is 5.62. The number of imidazole rings is 1. The summed E-state index contributed by atoms with van der Waals surface area (Å²) in [7, 11) is 1.88. The molecule has 0 spiro atoms. The standard InChI is InChI=1S/C19H28N6O/c1-14-21-6-9-25(14)12-15-3-7-24(8-4-15)18-11-17(16-5-10-26-13-16)22-19(20-2)23-18/h6,9,11,15-16H,3-5,7-8,10,12-13H2,1-2H3,(H,20,22,23)/t16-/m1/s1. The van der Waals surface area contributed by atoms with Crippen molar-refractivity contribution >= 4 is 11.8 Å². The van der Waals surface area contributed by atoms with Crippen LogP contribution in [0.2, 0.25) is 0 Å². The van der Waals surface area contributed by atoms with Crippen LogP contribution >= 0.6 is 0 Å². The van der Waals surface area contributed by atoms with Gasteiger partial charge in [0.1, 0.15) is 11.6 Å². The molecule has 0 saturated carbocycles. The molecule has 7 heteroatoms. The van der Waals surface area contributed by atoms with Crippen molar-refractivity contribution in [2.75, 3.05) is 43.6 Å². The van der Waals surface area contributed by atoms with Crippen LogP contribution in [0, 0.1) is 12.8 Å². The number of anilines is 2. The summed E-state index contributed by atoms with van der Waals surface area (Å²) in [6.07, 6.45) is 7.38. The van der Waals surface area contributed by atoms with Crippen molar-refractivity contribution in [3.63, 3.8) is 0 Å². The fourth-order valence-electron chi connectivity index (χ4n) is 3.92. The number of aryl methyl sites for hydroxylation is 1. The summed E-state index contributed by atoms with van der Waals surface area (Å²) in [6.45, 7) is 6.82. The SMILES string of the molecule is CNc1nc([C@@H]2CCOC2)cc(N2CCC(Cn3ccnc3C)CC2)n1. The van der Waals surface area contributed by atoms with E-state index in [0.717, 1.165) is 56.6 Å². The van der Waals surface area contributed by atoms with Crippen molar-refractivity contribution in [1.29, 1.82) is 0 Å². The quantitative estimate of drug-likeness (QED) is 0.887. The normalized spacial score (nSPS) is 21.3. The highest BCUT2D eigenvalue weighted by Gasteiger charge is 2.24. The van der Waals surface area contributed by atoms with Crippen molar-refractivity contribution in [1.82, 2.24) is 19.5 Å². The number of hydrogen-bond donors (Lipinski definition) is 1. The van der Waals surface area contributed by atoms with E-state index in [1.54, 1.807) is 0 Å². The van der Waals surface area contributed by atoms with E-state index in [9.17, 15) is 0 Å². The minimum atomic E-state index is 0.394. The Hall–Kier alpha value is -2.15. The van der Waals surface area contributed by atoms with Crippen LogP contribution in [-0.4, -0.2) is 52.9 Å². The molecule has 0 aromatic carbocycles. The maximum Gasteiger partial charge on any atom is 0.224 e. The number of nitrogens with zero attached hydrogens (tertiary/aromatic N) is 5. The predicted octanol–water partition coefficient (Wildman–Crippen LogP) is 2.44. The molecule has 2 aliphatic rings. The van der Waals surface area contributed by atoms with Crippen LogP contribution in [0.15, 0.2) is 18.5 Å². The molecule has 7 nitrogen and oxygen atoms in total. The highest BCUT2D eigenvalue weighted by molar-refractivity contribution is 5.46. The average molecular weight is 356 g/mol. The molecular formula is C19H28N6O. The lowest BCUT2D eigenvalue weighted by Crippen LogP contribution is -2.35. The van der Waals surface area contributed by atoms with Gasteiger partial charge in [0.05, 0.1) is 12.3 Å². The lowest BCUT2D eigenvalue weighted by molar-refractivity contribution is 0.193. The zero-order chi connectivity index (χ0) is 17.9. The van der Waals surface area contributed by atoms with E-state index in [0.29, 0.717) is 17.8 Å². The Labute approximate surface area is 154 Å². The molecule has 140 valence electrons. The van der Waals surface area contributed by atoms with Crippen molar-refractivity contribution in [3.05, 3.63) is 30.0 Å². The Bertz CT molecular complexity index is 731. The number of ether oxygens (including phenoxy) is 1. The van der Waals surface area contributed by atoms with E-state index < -0.39 is 0 Å². The average Bonchev–Trinajstić information content (AvgIpc) is 3.34. The first-order chi connectivity index (χ1) is 12.7. The van der Waals surface area contributed by atoms with Crippen molar-refractivity contribution in [2.45, 2.75) is 38.6 Å². The van der Waals surface area contributed by atoms with Gasteiger partial charge in [-0.15, -0.1) is 0 Å². The van der Waals surface area contributed by atoms with E-state index >= 15 is 0 Å². The third-order valence-electron chi connectivity index (χ3n) is 5.62. The summed E-state index contributed by atoms with van der Waals surface area (Å²) in [5.41, 5.74) is 1.10. The highest BCUT2D eigenvalue weighted by atomic mass is 16.5. The molecular weight excluding hydrogens is 328 g/mol. The van der Waals surface area contributed by atoms with Crippen LogP contribution in [0.4, 0.5) is 11.8 Å². The van der Waals surface area contributed by atoms with E-state index in [1.165, 1.54) is 12.8 Å². The number of hydrogen-bond acceptors (Lipinski definition) is 6. The van der Waals surface area contributed by atoms with Gasteiger partial charge < -0.3 is 19.5 Å². The first-order valence-electron chi connectivity index (χ1n) is 9.60. The van der Waals surface area contributed by atoms with Gasteiger partial charge in [0.2, 0.25) is 5.95 Å². The van der Waals surface area contributed by atoms with E-state index in [4.69, 9.17) is 9.72 Å². The summed E-state index contributed by atoms with van der Waals surface area (Å²) in [4.78, 5) is 16.1. The van der Waals surface area contributed by atoms with Crippen molar-refractivity contribution < 1.29 is 4.74 Å². The van der Waals surface area contributed by atoms with Crippen LogP contribution < -0.4 is 10.2 Å². The summed E-state index contributed by atoms with van der Waals surface area (Å²) < 4.78 is 7.81. The molecule has 4 rings (SSSR count). The minimum absolute atomic E-state index is 0.394. The molecule has 0 unspecified atom stereocenters. The van der Waals surface area contributed by atoms with Crippen LogP contribution in [0.1, 0.15) is 36.7 Å². The van der Waals surface area contributed by atoms with Crippen LogP contribution in [-0.2, 0) is 11.3 Å². The fraction of sp³-hybridized carbons (Fsp3) is 0.632. The second kappa shape index (κ2) is 7.61. The van der Waals surface area contributed by atoms with Crippen LogP contribution in [0.3, 0.4) is 0 Å². The maximum absolute atomic E-state index is 5.54. The van der Waals surface area contributed by atoms with Gasteiger partial charge in [-0.1, -0.05) is 0 Å². The van der Waals surface area contributed by atoms with Crippen LogP contribution in [0.25, 0.3) is 0 Å². The van der Waals surface area contributed by atoms with Gasteiger partial charge >= 0.3 is 0 Å². The molecule has 0 amide bonds. The van der Waals surface area contributed by atoms with Gasteiger partial charge in [-0.3, -0.25) is 0 Å². The summed E-state index contributed by atoms with van der Waals surface area (Å²) in [6, 6.07) is 2.17. The Balaban J connectivity index is 1.43. The van der Waals surface area contributed by atoms with Gasteiger partial charge in [-0.05, 0) is 32.1 Å². The summed E-state index contributed by atoms with van der Waals surface area (Å²) >= 11 is 0. The summed E-state index contributed by atoms with van der Waals surface area (Å²) in [5, 5.41) is 3.12. The van der Waals surface area contributed by atoms with Gasteiger partial charge in [-0.2, -0.15) is 4.98 Å². The molecule has 0 bridgehead atoms. The Morgan fingerprint density at radius 2 is 2.08 bits per heavy atom. The number of nitrogens with one attached hydrogen (secondary N) is 1. The number of piperidine rings is 1. The van der Waals surface area contributed by atoms with Crippen molar-refractivity contribution in [2.24, 2.45) is 5.92 Å². The Kier molecular flexibility index (Phi) is 5.06. The fourth-order valence-corrected chi connectivity index (χ4v) is 3.92. The highest BCUT2D eigenvalue weighted by Crippen LogP contribution is 2.29. The molecule has 2 aromatic rings. The second-order valence-electron chi connectivity index (χ2n) is 7.34. The lowest BCUT2D eigenvalue weighted by atomic mass is 9.96. The van der Waals surface area contributed by atoms with Gasteiger partial charge in [-0.25, -0.2) is 9.97 Å². The topological polar surface area (TPSA) is 68.1 Å². The smallest absolute Gasteiger partial charge is 0.224 e. The van der Waals surface area contributed by atoms with Crippen molar-refractivity contribution in [3.8, 4) is 0 Å². The number of aromatic nitrogens is 4. The maximum atomic E-state index is 5.54. The van der Waals surface area contributed by atoms with Gasteiger partial charge in [0, 0.05) is 57.7 Å². The molecule has 26 heavy (non-hydrogen) atoms. The molecule has 1 atom stereocenters. The minimum Gasteiger partial charge on any atom is -0.381 e.